The van der Waals surface area contributed by atoms with Gasteiger partial charge in [0.15, 0.2) is 0 Å². The van der Waals surface area contributed by atoms with Crippen molar-refractivity contribution in [3.63, 3.8) is 0 Å². The minimum atomic E-state index is -2.89. The highest BCUT2D eigenvalue weighted by molar-refractivity contribution is 7.91. The van der Waals surface area contributed by atoms with Gasteiger partial charge in [-0.1, -0.05) is 36.2 Å². The number of hydrogen-bond acceptors (Lipinski definition) is 3. The molecular weight excluding hydrogens is 317 g/mol. The molecule has 0 aliphatic carbocycles. The van der Waals surface area contributed by atoms with Crippen LogP contribution in [-0.4, -0.2) is 33.0 Å². The van der Waals surface area contributed by atoms with Gasteiger partial charge in [0.25, 0.3) is 0 Å². The molecule has 1 rings (SSSR count). The zero-order chi connectivity index (χ0) is 15.2. The fourth-order valence-corrected chi connectivity index (χ4v) is 3.46. The van der Waals surface area contributed by atoms with Crippen LogP contribution in [0, 0.1) is 0 Å². The summed E-state index contributed by atoms with van der Waals surface area (Å²) < 4.78 is 22.9. The van der Waals surface area contributed by atoms with Crippen LogP contribution in [0.25, 0.3) is 0 Å². The lowest BCUT2D eigenvalue weighted by Crippen LogP contribution is -2.28. The lowest BCUT2D eigenvalue weighted by Gasteiger charge is -2.17. The summed E-state index contributed by atoms with van der Waals surface area (Å²) in [6.07, 6.45) is 2.11. The largest absolute Gasteiger partial charge is 0.317 e. The number of halogens is 2. The monoisotopic (exact) mass is 337 g/mol. The lowest BCUT2D eigenvalue weighted by atomic mass is 10.0. The van der Waals surface area contributed by atoms with Crippen molar-refractivity contribution < 1.29 is 8.42 Å². The molecule has 114 valence electrons. The lowest BCUT2D eigenvalue weighted by molar-refractivity contribution is 0.511. The Balaban J connectivity index is 2.60. The number of nitrogens with one attached hydrogen (secondary N) is 1. The molecule has 0 fully saturated rings. The van der Waals surface area contributed by atoms with E-state index in [1.807, 2.05) is 25.2 Å². The van der Waals surface area contributed by atoms with Crippen LogP contribution in [0.15, 0.2) is 18.2 Å². The van der Waals surface area contributed by atoms with E-state index in [9.17, 15) is 8.42 Å². The van der Waals surface area contributed by atoms with Crippen molar-refractivity contribution in [3.8, 4) is 0 Å². The molecule has 0 aliphatic rings. The van der Waals surface area contributed by atoms with Gasteiger partial charge in [0.05, 0.1) is 5.75 Å². The Hall–Kier alpha value is -0.290. The van der Waals surface area contributed by atoms with Crippen molar-refractivity contribution in [2.45, 2.75) is 32.2 Å². The molecule has 1 aromatic carbocycles. The van der Waals surface area contributed by atoms with Gasteiger partial charge >= 0.3 is 0 Å². The van der Waals surface area contributed by atoms with Gasteiger partial charge in [0.1, 0.15) is 9.84 Å². The number of benzene rings is 1. The van der Waals surface area contributed by atoms with Gasteiger partial charge in [-0.25, -0.2) is 8.42 Å². The van der Waals surface area contributed by atoms with E-state index >= 15 is 0 Å². The zero-order valence-electron chi connectivity index (χ0n) is 11.8. The Kier molecular flexibility index (Phi) is 7.30. The second-order valence-electron chi connectivity index (χ2n) is 4.77. The topological polar surface area (TPSA) is 46.2 Å². The summed E-state index contributed by atoms with van der Waals surface area (Å²) in [6.45, 7) is 1.68. The minimum Gasteiger partial charge on any atom is -0.317 e. The first-order chi connectivity index (χ1) is 9.39. The van der Waals surface area contributed by atoms with Crippen molar-refractivity contribution in [3.05, 3.63) is 33.8 Å². The molecule has 0 heterocycles. The summed E-state index contributed by atoms with van der Waals surface area (Å²) in [6, 6.07) is 5.62. The molecule has 0 saturated carbocycles. The maximum absolute atomic E-state index is 11.5. The number of likely N-dealkylation sites (N-methyl/N-ethyl adjacent to an activating group) is 1. The summed E-state index contributed by atoms with van der Waals surface area (Å²) in [5.74, 6) is 0.436. The molecule has 1 N–H and O–H groups in total. The predicted molar refractivity (Wildman–Crippen MR) is 86.6 cm³/mol. The Labute approximate surface area is 131 Å². The SMILES string of the molecule is CCS(=O)(=O)CCCC(Cc1c(Cl)cccc1Cl)NC. The first kappa shape index (κ1) is 17.8. The molecule has 1 unspecified atom stereocenters. The molecule has 20 heavy (non-hydrogen) atoms. The van der Waals surface area contributed by atoms with Crippen LogP contribution in [0.1, 0.15) is 25.3 Å². The molecule has 0 saturated heterocycles. The average Bonchev–Trinajstić information content (AvgIpc) is 2.41. The van der Waals surface area contributed by atoms with Crippen LogP contribution in [0.3, 0.4) is 0 Å². The van der Waals surface area contributed by atoms with E-state index in [1.165, 1.54) is 0 Å². The first-order valence-electron chi connectivity index (χ1n) is 6.70. The smallest absolute Gasteiger partial charge is 0.150 e. The van der Waals surface area contributed by atoms with E-state index in [2.05, 4.69) is 5.32 Å². The van der Waals surface area contributed by atoms with Crippen LogP contribution >= 0.6 is 23.2 Å². The van der Waals surface area contributed by atoms with Gasteiger partial charge in [-0.3, -0.25) is 0 Å². The number of rotatable bonds is 8. The van der Waals surface area contributed by atoms with Gasteiger partial charge in [-0.2, -0.15) is 0 Å². The predicted octanol–water partition coefficient (Wildman–Crippen LogP) is 3.34. The molecule has 1 aromatic rings. The molecule has 0 bridgehead atoms. The summed E-state index contributed by atoms with van der Waals surface area (Å²) in [7, 11) is -1.03. The van der Waals surface area contributed by atoms with Crippen molar-refractivity contribution >= 4 is 33.0 Å². The highest BCUT2D eigenvalue weighted by Gasteiger charge is 2.14. The third-order valence-corrected chi connectivity index (χ3v) is 5.87. The van der Waals surface area contributed by atoms with Gasteiger partial charge in [-0.05, 0) is 44.0 Å². The van der Waals surface area contributed by atoms with Crippen molar-refractivity contribution in [1.29, 1.82) is 0 Å². The third kappa shape index (κ3) is 5.60. The molecule has 0 aromatic heterocycles. The van der Waals surface area contributed by atoms with E-state index in [0.717, 1.165) is 12.0 Å². The first-order valence-corrected chi connectivity index (χ1v) is 9.28. The molecule has 6 heteroatoms. The quantitative estimate of drug-likeness (QED) is 0.791. The third-order valence-electron chi connectivity index (χ3n) is 3.37. The normalized spacial score (nSPS) is 13.4. The Bertz CT molecular complexity index is 512. The second kappa shape index (κ2) is 8.23. The minimum absolute atomic E-state index is 0.166. The average molecular weight is 338 g/mol. The van der Waals surface area contributed by atoms with E-state index in [4.69, 9.17) is 23.2 Å². The Morgan fingerprint density at radius 3 is 2.35 bits per heavy atom. The number of sulfone groups is 1. The van der Waals surface area contributed by atoms with Crippen molar-refractivity contribution in [1.82, 2.24) is 5.32 Å². The fourth-order valence-electron chi connectivity index (χ4n) is 2.02. The maximum Gasteiger partial charge on any atom is 0.150 e. The van der Waals surface area contributed by atoms with Crippen LogP contribution < -0.4 is 5.32 Å². The van der Waals surface area contributed by atoms with E-state index in [0.29, 0.717) is 22.9 Å². The van der Waals surface area contributed by atoms with E-state index in [1.54, 1.807) is 6.92 Å². The van der Waals surface area contributed by atoms with Gasteiger partial charge < -0.3 is 5.32 Å². The standard InChI is InChI=1S/C14H21Cl2NO2S/c1-3-20(18,19)9-5-6-11(17-2)10-12-13(15)7-4-8-14(12)16/h4,7-8,11,17H,3,5-6,9-10H2,1-2H3. The summed E-state index contributed by atoms with van der Waals surface area (Å²) in [4.78, 5) is 0. The van der Waals surface area contributed by atoms with E-state index < -0.39 is 9.84 Å². The molecule has 0 aliphatic heterocycles. The molecule has 3 nitrogen and oxygen atoms in total. The fraction of sp³-hybridized carbons (Fsp3) is 0.571. The highest BCUT2D eigenvalue weighted by Crippen LogP contribution is 2.26. The van der Waals surface area contributed by atoms with Crippen LogP contribution in [0.4, 0.5) is 0 Å². The summed E-state index contributed by atoms with van der Waals surface area (Å²) in [5.41, 5.74) is 0.911. The number of hydrogen-bond donors (Lipinski definition) is 1. The Morgan fingerprint density at radius 1 is 1.25 bits per heavy atom. The zero-order valence-corrected chi connectivity index (χ0v) is 14.2. The molecule has 0 amide bonds. The summed E-state index contributed by atoms with van der Waals surface area (Å²) in [5, 5.41) is 4.50. The summed E-state index contributed by atoms with van der Waals surface area (Å²) >= 11 is 12.3. The molecule has 0 spiro atoms. The molecule has 1 atom stereocenters. The molecule has 0 radical (unpaired) electrons. The van der Waals surface area contributed by atoms with Gasteiger partial charge in [0, 0.05) is 21.8 Å². The van der Waals surface area contributed by atoms with Crippen LogP contribution in [0.5, 0.6) is 0 Å². The Morgan fingerprint density at radius 2 is 1.85 bits per heavy atom. The highest BCUT2D eigenvalue weighted by atomic mass is 35.5. The van der Waals surface area contributed by atoms with Crippen molar-refractivity contribution in [2.75, 3.05) is 18.6 Å². The molecular formula is C14H21Cl2NO2S. The van der Waals surface area contributed by atoms with Crippen molar-refractivity contribution in [2.24, 2.45) is 0 Å². The van der Waals surface area contributed by atoms with Crippen LogP contribution in [0.2, 0.25) is 10.0 Å². The van der Waals surface area contributed by atoms with Gasteiger partial charge in [0.2, 0.25) is 0 Å². The maximum atomic E-state index is 11.5. The van der Waals surface area contributed by atoms with Crippen LogP contribution in [-0.2, 0) is 16.3 Å². The van der Waals surface area contributed by atoms with Gasteiger partial charge in [-0.15, -0.1) is 0 Å². The second-order valence-corrected chi connectivity index (χ2v) is 8.06. The van der Waals surface area contributed by atoms with E-state index in [-0.39, 0.29) is 17.5 Å².